The summed E-state index contributed by atoms with van der Waals surface area (Å²) in [5.74, 6) is -4.62. The van der Waals surface area contributed by atoms with Gasteiger partial charge in [0.2, 0.25) is 5.60 Å². The minimum absolute atomic E-state index is 0.0523. The number of hydrogen-bond donors (Lipinski definition) is 1. The lowest BCUT2D eigenvalue weighted by molar-refractivity contribution is -0.240. The first-order valence-electron chi connectivity index (χ1n) is 13.4. The van der Waals surface area contributed by atoms with Crippen molar-refractivity contribution in [2.24, 2.45) is 11.3 Å². The fraction of sp³-hybridized carbons (Fsp3) is 0.500. The molecule has 0 radical (unpaired) electrons. The van der Waals surface area contributed by atoms with Crippen LogP contribution in [0.5, 0.6) is 0 Å². The van der Waals surface area contributed by atoms with Crippen molar-refractivity contribution < 1.29 is 30.3 Å². The monoisotopic (exact) mass is 493 g/mol. The van der Waals surface area contributed by atoms with E-state index in [4.69, 9.17) is 10.8 Å². The predicted octanol–water partition coefficient (Wildman–Crippen LogP) is 5.86. The summed E-state index contributed by atoms with van der Waals surface area (Å²) in [5.41, 5.74) is -0.449. The Bertz CT molecular complexity index is 1140. The molecule has 6 nitrogen and oxygen atoms in total. The third-order valence-corrected chi connectivity index (χ3v) is 7.56. The molecule has 0 unspecified atom stereocenters. The Morgan fingerprint density at radius 2 is 1.81 bits per heavy atom. The zero-order valence-electron chi connectivity index (χ0n) is 22.3. The van der Waals surface area contributed by atoms with Crippen molar-refractivity contribution in [1.29, 1.82) is 0 Å². The summed E-state index contributed by atoms with van der Waals surface area (Å²) in [6, 6.07) is 16.7. The minimum atomic E-state index is -2.32. The normalized spacial score (nSPS) is 26.6. The average molecular weight is 494 g/mol. The van der Waals surface area contributed by atoms with Crippen LogP contribution >= 0.6 is 0 Å². The van der Waals surface area contributed by atoms with Crippen LogP contribution in [0, 0.1) is 11.3 Å². The molecule has 2 aliphatic rings. The molecule has 192 valence electrons. The summed E-state index contributed by atoms with van der Waals surface area (Å²) in [7, 11) is 0. The fourth-order valence-electron chi connectivity index (χ4n) is 5.21. The van der Waals surface area contributed by atoms with Crippen LogP contribution in [0.1, 0.15) is 83.8 Å². The number of rotatable bonds is 10. The molecule has 2 fully saturated rings. The van der Waals surface area contributed by atoms with Crippen molar-refractivity contribution in [1.82, 2.24) is 0 Å². The van der Waals surface area contributed by atoms with Crippen molar-refractivity contribution in [3.05, 3.63) is 60.2 Å². The maximum absolute atomic E-state index is 13.2. The van der Waals surface area contributed by atoms with Crippen LogP contribution in [0.4, 0.5) is 0 Å². The van der Waals surface area contributed by atoms with Crippen LogP contribution in [0.25, 0.3) is 11.1 Å². The van der Waals surface area contributed by atoms with Crippen molar-refractivity contribution in [2.75, 3.05) is 0 Å². The molecule has 4 rings (SSSR count). The molecule has 1 heterocycles. The lowest BCUT2D eigenvalue weighted by Crippen LogP contribution is -2.59. The summed E-state index contributed by atoms with van der Waals surface area (Å²) in [6.07, 6.45) is 2.27. The quantitative estimate of drug-likeness (QED) is 0.329. The van der Waals surface area contributed by atoms with Crippen molar-refractivity contribution in [2.45, 2.75) is 83.5 Å². The number of esters is 2. The molecule has 1 N–H and O–H groups in total. The van der Waals surface area contributed by atoms with Gasteiger partial charge in [0.15, 0.2) is 5.78 Å². The van der Waals surface area contributed by atoms with Crippen molar-refractivity contribution in [3.8, 4) is 11.1 Å². The van der Waals surface area contributed by atoms with E-state index < -0.39 is 46.8 Å². The van der Waals surface area contributed by atoms with Gasteiger partial charge < -0.3 is 14.6 Å². The summed E-state index contributed by atoms with van der Waals surface area (Å²) in [6.45, 7) is 5.94. The van der Waals surface area contributed by atoms with Gasteiger partial charge in [0.05, 0.1) is 5.56 Å². The number of Topliss-reactive ketones (excluding diaryl/α,β-unsaturated/α-hetero) is 1. The van der Waals surface area contributed by atoms with E-state index in [-0.39, 0.29) is 19.3 Å². The van der Waals surface area contributed by atoms with Crippen LogP contribution in [0.3, 0.4) is 0 Å². The van der Waals surface area contributed by atoms with E-state index in [2.05, 4.69) is 6.92 Å². The molecular formula is C30H36O6. The third-order valence-electron chi connectivity index (χ3n) is 7.56. The topological polar surface area (TPSA) is 89.9 Å². The molecule has 2 aromatic carbocycles. The molecule has 1 saturated heterocycles. The zero-order chi connectivity index (χ0) is 26.8. The van der Waals surface area contributed by atoms with Gasteiger partial charge in [-0.1, -0.05) is 76.1 Å². The molecular weight excluding hydrogens is 456 g/mol. The molecule has 2 aromatic rings. The number of ketones is 1. The lowest BCUT2D eigenvalue weighted by Gasteiger charge is -2.40. The van der Waals surface area contributed by atoms with Gasteiger partial charge in [-0.3, -0.25) is 4.79 Å². The highest BCUT2D eigenvalue weighted by Gasteiger charge is 2.65. The average Bonchev–Trinajstić information content (AvgIpc) is 3.26. The number of unbranched alkanes of at least 4 members (excludes halogenated alkanes) is 1. The molecule has 2 bridgehead atoms. The minimum Gasteiger partial charge on any atom is -0.420 e. The first-order valence-corrected chi connectivity index (χ1v) is 12.8. The number of fused-ring (bicyclic) bond motifs is 2. The Balaban J connectivity index is 1.42. The molecule has 6 heteroatoms. The second kappa shape index (κ2) is 10.2. The van der Waals surface area contributed by atoms with Crippen LogP contribution in [0.15, 0.2) is 54.6 Å². The van der Waals surface area contributed by atoms with E-state index in [9.17, 15) is 19.5 Å². The van der Waals surface area contributed by atoms with Gasteiger partial charge in [0.25, 0.3) is 5.79 Å². The first-order chi connectivity index (χ1) is 17.5. The second-order valence-electron chi connectivity index (χ2n) is 10.8. The number of hydrogen-bond acceptors (Lipinski definition) is 6. The predicted molar refractivity (Wildman–Crippen MR) is 136 cm³/mol. The molecule has 0 spiro atoms. The van der Waals surface area contributed by atoms with E-state index in [1.807, 2.05) is 56.3 Å². The number of aliphatic hydroxyl groups is 1. The molecule has 1 aliphatic heterocycles. The molecule has 1 aliphatic carbocycles. The van der Waals surface area contributed by atoms with Gasteiger partial charge in [0.1, 0.15) is 0 Å². The largest absolute Gasteiger partial charge is 0.420 e. The van der Waals surface area contributed by atoms with Crippen LogP contribution in [0.2, 0.25) is 0 Å². The molecule has 1 saturated carbocycles. The second-order valence-corrected chi connectivity index (χ2v) is 10.8. The Labute approximate surface area is 214 Å². The van der Waals surface area contributed by atoms with E-state index in [1.165, 1.54) is 0 Å². The summed E-state index contributed by atoms with van der Waals surface area (Å²) in [4.78, 5) is 39.1. The van der Waals surface area contributed by atoms with E-state index in [0.717, 1.165) is 30.4 Å². The van der Waals surface area contributed by atoms with Crippen LogP contribution in [-0.2, 0) is 19.1 Å². The van der Waals surface area contributed by atoms with Crippen LogP contribution in [-0.4, -0.2) is 34.2 Å². The summed E-state index contributed by atoms with van der Waals surface area (Å²) < 4.78 is 19.7. The molecule has 4 atom stereocenters. The van der Waals surface area contributed by atoms with Gasteiger partial charge in [-0.15, -0.1) is 0 Å². The third kappa shape index (κ3) is 5.24. The highest BCUT2D eigenvalue weighted by Crippen LogP contribution is 2.50. The maximum atomic E-state index is 13.2. The van der Waals surface area contributed by atoms with Gasteiger partial charge in [-0.2, -0.15) is 0 Å². The molecule has 36 heavy (non-hydrogen) atoms. The lowest BCUT2D eigenvalue weighted by atomic mass is 9.76. The van der Waals surface area contributed by atoms with Crippen molar-refractivity contribution >= 4 is 17.7 Å². The van der Waals surface area contributed by atoms with Crippen LogP contribution < -0.4 is 0 Å². The highest BCUT2D eigenvalue weighted by molar-refractivity contribution is 6.08. The SMILES string of the molecule is [2H][C@@H](CC(=O)[C@@]1(O)C(=O)O[C@]2(OC(=O)c3ccc(-c4ccccc4)cc3)CC[C@H]1C2)C(C)(C)CCCC. The standard InChI is InChI=1S/C30H36O6/c1-4-5-17-28(2,3)18-16-25(31)30(34)24-15-19-29(20-24,36-27(30)33)35-26(32)23-13-11-22(12-14-23)21-9-7-6-8-10-21/h6-14,24,34H,4-5,15-20H2,1-3H3/t24-,29+,30+/m0/s1/i18D/t18-,24-,29+,30+. The van der Waals surface area contributed by atoms with Gasteiger partial charge >= 0.3 is 11.9 Å². The number of benzene rings is 2. The molecule has 0 amide bonds. The summed E-state index contributed by atoms with van der Waals surface area (Å²) >= 11 is 0. The van der Waals surface area contributed by atoms with E-state index in [0.29, 0.717) is 12.0 Å². The first kappa shape index (κ1) is 24.7. The van der Waals surface area contributed by atoms with Gasteiger partial charge in [-0.05, 0) is 47.9 Å². The maximum Gasteiger partial charge on any atom is 0.349 e. The van der Waals surface area contributed by atoms with Crippen molar-refractivity contribution in [3.63, 3.8) is 0 Å². The van der Waals surface area contributed by atoms with Gasteiger partial charge in [-0.25, -0.2) is 9.59 Å². The Kier molecular flexibility index (Phi) is 6.98. The number of ether oxygens (including phenoxy) is 2. The zero-order valence-corrected chi connectivity index (χ0v) is 21.3. The fourth-order valence-corrected chi connectivity index (χ4v) is 5.21. The Morgan fingerprint density at radius 1 is 1.14 bits per heavy atom. The van der Waals surface area contributed by atoms with E-state index >= 15 is 0 Å². The highest BCUT2D eigenvalue weighted by atomic mass is 16.7. The van der Waals surface area contributed by atoms with E-state index in [1.54, 1.807) is 12.1 Å². The number of carbonyl (C=O) groups excluding carboxylic acids is 3. The smallest absolute Gasteiger partial charge is 0.349 e. The number of carbonyl (C=O) groups is 3. The summed E-state index contributed by atoms with van der Waals surface area (Å²) in [5, 5.41) is 11.2. The Hall–Kier alpha value is -2.99. The Morgan fingerprint density at radius 3 is 2.47 bits per heavy atom. The van der Waals surface area contributed by atoms with Gasteiger partial charge in [0, 0.05) is 26.6 Å². The molecule has 0 aromatic heterocycles.